The average Bonchev–Trinajstić information content (AvgIpc) is 2.58. The molecule has 0 aliphatic carbocycles. The van der Waals surface area contributed by atoms with Crippen LogP contribution in [-0.4, -0.2) is 48.9 Å². The van der Waals surface area contributed by atoms with E-state index in [-0.39, 0.29) is 35.8 Å². The molecule has 0 aromatic heterocycles. The molecule has 0 bridgehead atoms. The van der Waals surface area contributed by atoms with Gasteiger partial charge in [-0.2, -0.15) is 0 Å². The number of nitrogens with zero attached hydrogens (tertiary/aromatic N) is 1. The van der Waals surface area contributed by atoms with Gasteiger partial charge in [0.25, 0.3) is 5.69 Å². The van der Waals surface area contributed by atoms with Crippen LogP contribution in [0, 0.1) is 10.1 Å². The molecule has 0 unspecified atom stereocenters. The first kappa shape index (κ1) is 21.7. The van der Waals surface area contributed by atoms with Gasteiger partial charge in [-0.25, -0.2) is 4.79 Å². The van der Waals surface area contributed by atoms with Crippen molar-refractivity contribution in [2.24, 2.45) is 5.73 Å². The number of amides is 2. The highest BCUT2D eigenvalue weighted by Crippen LogP contribution is 2.36. The summed E-state index contributed by atoms with van der Waals surface area (Å²) in [6, 6.07) is 2.37. The number of nitrogens with two attached hydrogens (primary N) is 1. The van der Waals surface area contributed by atoms with Crippen molar-refractivity contribution >= 4 is 23.4 Å². The second-order valence-electron chi connectivity index (χ2n) is 5.38. The fourth-order valence-electron chi connectivity index (χ4n) is 2.09. The summed E-state index contributed by atoms with van der Waals surface area (Å²) in [5.41, 5.74) is 5.19. The third-order valence-corrected chi connectivity index (χ3v) is 3.30. The number of nitro benzene ring substituents is 1. The lowest BCUT2D eigenvalue weighted by molar-refractivity contribution is -0.384. The molecule has 0 spiro atoms. The Balaban J connectivity index is 3.13. The van der Waals surface area contributed by atoms with Crippen LogP contribution in [0.4, 0.5) is 16.2 Å². The number of primary amides is 1. The van der Waals surface area contributed by atoms with Crippen molar-refractivity contribution in [1.29, 1.82) is 0 Å². The predicted molar refractivity (Wildman–Crippen MR) is 97.0 cm³/mol. The van der Waals surface area contributed by atoms with E-state index in [0.717, 1.165) is 6.07 Å². The number of allylic oxidation sites excluding steroid dienone is 1. The molecule has 0 saturated heterocycles. The summed E-state index contributed by atoms with van der Waals surface area (Å²) in [7, 11) is 1.53. The maximum absolute atomic E-state index is 11.5. The second kappa shape index (κ2) is 10.6. The van der Waals surface area contributed by atoms with Gasteiger partial charge in [0.15, 0.2) is 5.69 Å². The first-order valence-electron chi connectivity index (χ1n) is 7.90. The number of nitrogens with one attached hydrogen (secondary N) is 2. The average molecular weight is 382 g/mol. The van der Waals surface area contributed by atoms with Gasteiger partial charge in [0.2, 0.25) is 5.91 Å². The largest absolute Gasteiger partial charge is 0.491 e. The van der Waals surface area contributed by atoms with Gasteiger partial charge in [0.1, 0.15) is 5.75 Å². The Bertz CT molecular complexity index is 734. The van der Waals surface area contributed by atoms with Gasteiger partial charge in [0, 0.05) is 44.0 Å². The van der Waals surface area contributed by atoms with Crippen LogP contribution in [0.2, 0.25) is 0 Å². The number of nitro groups is 1. The van der Waals surface area contributed by atoms with E-state index in [2.05, 4.69) is 10.6 Å². The number of carboxylic acid groups (broad SMARTS) is 1. The van der Waals surface area contributed by atoms with Crippen LogP contribution < -0.4 is 21.1 Å². The molecule has 0 heterocycles. The molecular weight excluding hydrogens is 360 g/mol. The van der Waals surface area contributed by atoms with Crippen LogP contribution in [0.25, 0.3) is 0 Å². The molecule has 1 rings (SSSR count). The minimum atomic E-state index is -1.22. The molecule has 0 fully saturated rings. The number of carbonyl (C=O) groups excluding carboxylic acids is 1. The minimum Gasteiger partial charge on any atom is -0.491 e. The molecule has 1 aromatic rings. The number of ether oxygens (including phenoxy) is 2. The van der Waals surface area contributed by atoms with Crippen LogP contribution in [0.5, 0.6) is 5.75 Å². The van der Waals surface area contributed by atoms with Gasteiger partial charge in [-0.1, -0.05) is 0 Å². The van der Waals surface area contributed by atoms with Gasteiger partial charge in [0.05, 0.1) is 11.5 Å². The molecule has 0 saturated carbocycles. The Kier molecular flexibility index (Phi) is 8.53. The lowest BCUT2D eigenvalue weighted by Crippen LogP contribution is -2.19. The Morgan fingerprint density at radius 3 is 2.63 bits per heavy atom. The van der Waals surface area contributed by atoms with E-state index in [4.69, 9.17) is 20.3 Å². The maximum Gasteiger partial charge on any atom is 0.408 e. The summed E-state index contributed by atoms with van der Waals surface area (Å²) in [5, 5.41) is 25.0. The van der Waals surface area contributed by atoms with Gasteiger partial charge in [-0.3, -0.25) is 20.2 Å². The summed E-state index contributed by atoms with van der Waals surface area (Å²) in [6.45, 7) is 2.25. The van der Waals surface area contributed by atoms with Crippen LogP contribution >= 0.6 is 0 Å². The third-order valence-electron chi connectivity index (χ3n) is 3.30. The Morgan fingerprint density at radius 2 is 2.07 bits per heavy atom. The number of rotatable bonds is 11. The number of benzene rings is 1. The monoisotopic (exact) mass is 382 g/mol. The zero-order chi connectivity index (χ0) is 20.4. The molecule has 0 aliphatic heterocycles. The molecule has 27 heavy (non-hydrogen) atoms. The lowest BCUT2D eigenvalue weighted by Gasteiger charge is -2.14. The van der Waals surface area contributed by atoms with E-state index in [9.17, 15) is 19.7 Å². The second-order valence-corrected chi connectivity index (χ2v) is 5.38. The molecule has 0 aliphatic rings. The van der Waals surface area contributed by atoms with Crippen molar-refractivity contribution in [2.75, 3.05) is 32.2 Å². The smallest absolute Gasteiger partial charge is 0.408 e. The molecule has 0 atom stereocenters. The Labute approximate surface area is 155 Å². The van der Waals surface area contributed by atoms with E-state index in [1.807, 2.05) is 0 Å². The van der Waals surface area contributed by atoms with E-state index in [1.54, 1.807) is 0 Å². The molecule has 2 amide bonds. The van der Waals surface area contributed by atoms with Crippen LogP contribution in [0.3, 0.4) is 0 Å². The van der Waals surface area contributed by atoms with Gasteiger partial charge >= 0.3 is 6.09 Å². The van der Waals surface area contributed by atoms with Gasteiger partial charge < -0.3 is 25.6 Å². The number of hydrogen-bond donors (Lipinski definition) is 4. The summed E-state index contributed by atoms with van der Waals surface area (Å²) in [4.78, 5) is 32.8. The fourth-order valence-corrected chi connectivity index (χ4v) is 2.09. The zero-order valence-corrected chi connectivity index (χ0v) is 15.0. The topological polar surface area (TPSA) is 166 Å². The SMILES string of the molecule is COCCCOc1cc(C(N)=O)cc([N+](=O)[O-])c1NC/C=C(/C)NC(=O)O. The Morgan fingerprint density at radius 1 is 1.37 bits per heavy atom. The molecular formula is C16H22N4O7. The van der Waals surface area contributed by atoms with Crippen molar-refractivity contribution in [3.05, 3.63) is 39.6 Å². The first-order valence-corrected chi connectivity index (χ1v) is 7.90. The van der Waals surface area contributed by atoms with E-state index < -0.39 is 16.9 Å². The van der Waals surface area contributed by atoms with E-state index in [1.165, 1.54) is 26.2 Å². The van der Waals surface area contributed by atoms with Crippen molar-refractivity contribution in [1.82, 2.24) is 5.32 Å². The number of methoxy groups -OCH3 is 1. The van der Waals surface area contributed by atoms with Crippen LogP contribution in [-0.2, 0) is 4.74 Å². The molecule has 1 aromatic carbocycles. The van der Waals surface area contributed by atoms with Crippen molar-refractivity contribution < 1.29 is 29.1 Å². The fraction of sp³-hybridized carbons (Fsp3) is 0.375. The lowest BCUT2D eigenvalue weighted by atomic mass is 10.1. The predicted octanol–water partition coefficient (Wildman–Crippen LogP) is 1.69. The highest BCUT2D eigenvalue weighted by Gasteiger charge is 2.22. The normalized spacial score (nSPS) is 11.0. The van der Waals surface area contributed by atoms with Crippen molar-refractivity contribution in [3.8, 4) is 5.75 Å². The quantitative estimate of drug-likeness (QED) is 0.255. The highest BCUT2D eigenvalue weighted by atomic mass is 16.6. The number of carbonyl (C=O) groups is 2. The standard InChI is InChI=1S/C16H22N4O7/c1-10(19-16(22)23)4-5-18-14-12(20(24)25)8-11(15(17)21)9-13(14)27-7-3-6-26-2/h4,8-9,18-19H,3,5-7H2,1-2H3,(H2,17,21)(H,22,23)/b10-4-. The Hall–Kier alpha value is -3.34. The summed E-state index contributed by atoms with van der Waals surface area (Å²) < 4.78 is 10.5. The minimum absolute atomic E-state index is 0.0572. The van der Waals surface area contributed by atoms with E-state index >= 15 is 0 Å². The van der Waals surface area contributed by atoms with Crippen LogP contribution in [0.15, 0.2) is 23.9 Å². The number of anilines is 1. The van der Waals surface area contributed by atoms with Crippen molar-refractivity contribution in [2.45, 2.75) is 13.3 Å². The van der Waals surface area contributed by atoms with Gasteiger partial charge in [-0.05, 0) is 19.1 Å². The zero-order valence-electron chi connectivity index (χ0n) is 15.0. The highest BCUT2D eigenvalue weighted by molar-refractivity contribution is 5.95. The molecule has 0 radical (unpaired) electrons. The molecule has 5 N–H and O–H groups in total. The maximum atomic E-state index is 11.5. The number of hydrogen-bond acceptors (Lipinski definition) is 7. The summed E-state index contributed by atoms with van der Waals surface area (Å²) in [5.74, 6) is -0.737. The third kappa shape index (κ3) is 7.20. The van der Waals surface area contributed by atoms with Crippen LogP contribution in [0.1, 0.15) is 23.7 Å². The molecule has 148 valence electrons. The van der Waals surface area contributed by atoms with E-state index in [0.29, 0.717) is 18.7 Å². The molecule has 11 nitrogen and oxygen atoms in total. The summed E-state index contributed by atoms with van der Waals surface area (Å²) in [6.07, 6.45) is 0.809. The summed E-state index contributed by atoms with van der Waals surface area (Å²) >= 11 is 0. The molecule has 11 heteroatoms. The van der Waals surface area contributed by atoms with Crippen molar-refractivity contribution in [3.63, 3.8) is 0 Å². The first-order chi connectivity index (χ1) is 12.8. The van der Waals surface area contributed by atoms with Gasteiger partial charge in [-0.15, -0.1) is 0 Å².